The minimum Gasteiger partial charge on any atom is -0.382 e. The van der Waals surface area contributed by atoms with Gasteiger partial charge in [0, 0.05) is 31.7 Å². The van der Waals surface area contributed by atoms with Crippen molar-refractivity contribution in [3.63, 3.8) is 0 Å². The van der Waals surface area contributed by atoms with Gasteiger partial charge in [-0.05, 0) is 19.4 Å². The Bertz CT molecular complexity index is 258. The number of aliphatic hydroxyl groups excluding tert-OH is 1. The molecule has 2 aliphatic heterocycles. The van der Waals surface area contributed by atoms with Crippen LogP contribution in [0.15, 0.2) is 0 Å². The van der Waals surface area contributed by atoms with Crippen molar-refractivity contribution in [1.82, 2.24) is 9.80 Å². The Morgan fingerprint density at radius 1 is 1.24 bits per heavy atom. The molecule has 2 saturated heterocycles. The van der Waals surface area contributed by atoms with Crippen molar-refractivity contribution in [2.45, 2.75) is 44.1 Å². The molecular formula is C11H19F3N2O. The molecule has 6 heteroatoms. The fraction of sp³-hybridized carbons (Fsp3) is 1.00. The first-order valence-corrected chi connectivity index (χ1v) is 6.14. The van der Waals surface area contributed by atoms with Gasteiger partial charge in [0.1, 0.15) is 0 Å². The molecule has 100 valence electrons. The molecule has 0 aliphatic carbocycles. The van der Waals surface area contributed by atoms with E-state index in [0.29, 0.717) is 25.2 Å². The number of nitrogens with zero attached hydrogens (tertiary/aromatic N) is 2. The summed E-state index contributed by atoms with van der Waals surface area (Å²) in [6.07, 6.45) is -4.58. The van der Waals surface area contributed by atoms with Crippen molar-refractivity contribution in [3.05, 3.63) is 0 Å². The number of hydrogen-bond acceptors (Lipinski definition) is 3. The highest BCUT2D eigenvalue weighted by molar-refractivity contribution is 4.95. The SMILES string of the molecule is CCN1C2CCC1CN(CC(O)C(F)(F)F)C2. The number of halogens is 3. The average molecular weight is 252 g/mol. The topological polar surface area (TPSA) is 26.7 Å². The zero-order valence-electron chi connectivity index (χ0n) is 9.95. The number of aliphatic hydroxyl groups is 1. The molecule has 2 aliphatic rings. The second-order valence-electron chi connectivity index (χ2n) is 4.99. The van der Waals surface area contributed by atoms with Gasteiger partial charge >= 0.3 is 6.18 Å². The standard InChI is InChI=1S/C11H19F3N2O/c1-2-16-8-3-4-9(16)6-15(5-8)7-10(17)11(12,13)14/h8-10,17H,2-7H2,1H3. The first kappa shape index (κ1) is 13.1. The summed E-state index contributed by atoms with van der Waals surface area (Å²) < 4.78 is 36.8. The van der Waals surface area contributed by atoms with Crippen LogP contribution >= 0.6 is 0 Å². The molecule has 0 radical (unpaired) electrons. The summed E-state index contributed by atoms with van der Waals surface area (Å²) in [6, 6.07) is 0.748. The van der Waals surface area contributed by atoms with Gasteiger partial charge in [0.25, 0.3) is 0 Å². The number of likely N-dealkylation sites (tertiary alicyclic amines) is 1. The summed E-state index contributed by atoms with van der Waals surface area (Å²) in [4.78, 5) is 4.13. The second kappa shape index (κ2) is 4.74. The minimum absolute atomic E-state index is 0.284. The van der Waals surface area contributed by atoms with Crippen LogP contribution in [0.4, 0.5) is 13.2 Å². The van der Waals surface area contributed by atoms with Gasteiger partial charge in [0.05, 0.1) is 0 Å². The van der Waals surface area contributed by atoms with Crippen LogP contribution in [-0.4, -0.2) is 65.4 Å². The smallest absolute Gasteiger partial charge is 0.382 e. The van der Waals surface area contributed by atoms with Gasteiger partial charge in [-0.3, -0.25) is 9.80 Å². The molecule has 17 heavy (non-hydrogen) atoms. The molecule has 0 aromatic carbocycles. The van der Waals surface area contributed by atoms with Crippen molar-refractivity contribution in [3.8, 4) is 0 Å². The van der Waals surface area contributed by atoms with Gasteiger partial charge in [-0.15, -0.1) is 0 Å². The minimum atomic E-state index is -4.50. The third-order valence-electron chi connectivity index (χ3n) is 3.88. The molecule has 0 aromatic heterocycles. The molecule has 2 rings (SSSR count). The molecule has 0 spiro atoms. The maximum absolute atomic E-state index is 12.3. The summed E-state index contributed by atoms with van der Waals surface area (Å²) in [7, 11) is 0. The van der Waals surface area contributed by atoms with Gasteiger partial charge in [-0.25, -0.2) is 0 Å². The molecule has 3 nitrogen and oxygen atoms in total. The van der Waals surface area contributed by atoms with E-state index in [1.165, 1.54) is 0 Å². The Hall–Kier alpha value is -0.330. The van der Waals surface area contributed by atoms with E-state index in [9.17, 15) is 13.2 Å². The zero-order valence-corrected chi connectivity index (χ0v) is 9.95. The molecule has 0 aromatic rings. The number of piperazine rings is 1. The number of hydrogen-bond donors (Lipinski definition) is 1. The number of fused-ring (bicyclic) bond motifs is 2. The van der Waals surface area contributed by atoms with Crippen molar-refractivity contribution < 1.29 is 18.3 Å². The molecule has 0 saturated carbocycles. The normalized spacial score (nSPS) is 33.0. The van der Waals surface area contributed by atoms with Crippen molar-refractivity contribution in [2.75, 3.05) is 26.2 Å². The van der Waals surface area contributed by atoms with E-state index in [0.717, 1.165) is 19.4 Å². The number of β-amino-alcohol motifs (C(OH)–C–C–N with tert-alkyl or cyclic N) is 1. The van der Waals surface area contributed by atoms with Crippen LogP contribution in [0.1, 0.15) is 19.8 Å². The Labute approximate surface area is 99.2 Å². The van der Waals surface area contributed by atoms with Gasteiger partial charge in [0.2, 0.25) is 0 Å². The maximum Gasteiger partial charge on any atom is 0.415 e. The average Bonchev–Trinajstić information content (AvgIpc) is 2.47. The summed E-state index contributed by atoms with van der Waals surface area (Å²) in [6.45, 7) is 4.07. The fourth-order valence-corrected chi connectivity index (χ4v) is 3.09. The number of likely N-dealkylation sites (N-methyl/N-ethyl adjacent to an activating group) is 1. The summed E-state index contributed by atoms with van der Waals surface area (Å²) in [5, 5.41) is 9.07. The predicted octanol–water partition coefficient (Wildman–Crippen LogP) is 1.08. The summed E-state index contributed by atoms with van der Waals surface area (Å²) >= 11 is 0. The molecule has 2 heterocycles. The second-order valence-corrected chi connectivity index (χ2v) is 4.99. The van der Waals surface area contributed by atoms with Gasteiger partial charge in [-0.2, -0.15) is 13.2 Å². The Morgan fingerprint density at radius 3 is 2.18 bits per heavy atom. The van der Waals surface area contributed by atoms with E-state index in [-0.39, 0.29) is 6.54 Å². The fourth-order valence-electron chi connectivity index (χ4n) is 3.09. The van der Waals surface area contributed by atoms with Gasteiger partial charge in [-0.1, -0.05) is 6.92 Å². The first-order valence-electron chi connectivity index (χ1n) is 6.14. The van der Waals surface area contributed by atoms with Crippen molar-refractivity contribution >= 4 is 0 Å². The third-order valence-corrected chi connectivity index (χ3v) is 3.88. The van der Waals surface area contributed by atoms with Crippen LogP contribution in [-0.2, 0) is 0 Å². The van der Waals surface area contributed by atoms with E-state index >= 15 is 0 Å². The van der Waals surface area contributed by atoms with Crippen molar-refractivity contribution in [1.29, 1.82) is 0 Å². The predicted molar refractivity (Wildman–Crippen MR) is 57.7 cm³/mol. The maximum atomic E-state index is 12.3. The lowest BCUT2D eigenvalue weighted by Gasteiger charge is -2.41. The van der Waals surface area contributed by atoms with Crippen LogP contribution in [0.5, 0.6) is 0 Å². The monoisotopic (exact) mass is 252 g/mol. The van der Waals surface area contributed by atoms with Crippen molar-refractivity contribution in [2.24, 2.45) is 0 Å². The highest BCUT2D eigenvalue weighted by Gasteiger charge is 2.43. The Balaban J connectivity index is 1.90. The lowest BCUT2D eigenvalue weighted by Crippen LogP contribution is -2.56. The molecule has 1 N–H and O–H groups in total. The lowest BCUT2D eigenvalue weighted by atomic mass is 10.1. The quantitative estimate of drug-likeness (QED) is 0.814. The number of alkyl halides is 3. The summed E-state index contributed by atoms with van der Waals surface area (Å²) in [5.74, 6) is 0. The first-order chi connectivity index (χ1) is 7.91. The molecule has 0 amide bonds. The molecular weight excluding hydrogens is 233 g/mol. The van der Waals surface area contributed by atoms with Crippen LogP contribution < -0.4 is 0 Å². The molecule has 2 fully saturated rings. The third kappa shape index (κ3) is 2.74. The zero-order chi connectivity index (χ0) is 12.6. The van der Waals surface area contributed by atoms with E-state index in [4.69, 9.17) is 5.11 Å². The van der Waals surface area contributed by atoms with E-state index in [1.807, 2.05) is 0 Å². The summed E-state index contributed by atoms with van der Waals surface area (Å²) in [5.41, 5.74) is 0. The highest BCUT2D eigenvalue weighted by Crippen LogP contribution is 2.30. The number of rotatable bonds is 3. The highest BCUT2D eigenvalue weighted by atomic mass is 19.4. The van der Waals surface area contributed by atoms with Gasteiger partial charge in [0.15, 0.2) is 6.10 Å². The molecule has 3 unspecified atom stereocenters. The van der Waals surface area contributed by atoms with Gasteiger partial charge < -0.3 is 5.11 Å². The van der Waals surface area contributed by atoms with Crippen LogP contribution in [0.3, 0.4) is 0 Å². The Morgan fingerprint density at radius 2 is 1.76 bits per heavy atom. The van der Waals surface area contributed by atoms with E-state index in [2.05, 4.69) is 11.8 Å². The van der Waals surface area contributed by atoms with Crippen LogP contribution in [0, 0.1) is 0 Å². The van der Waals surface area contributed by atoms with E-state index in [1.54, 1.807) is 4.90 Å². The molecule has 3 atom stereocenters. The Kier molecular flexibility index (Phi) is 3.66. The largest absolute Gasteiger partial charge is 0.415 e. The van der Waals surface area contributed by atoms with Crippen LogP contribution in [0.2, 0.25) is 0 Å². The van der Waals surface area contributed by atoms with E-state index < -0.39 is 12.3 Å². The lowest BCUT2D eigenvalue weighted by molar-refractivity contribution is -0.209. The van der Waals surface area contributed by atoms with Crippen LogP contribution in [0.25, 0.3) is 0 Å². The molecule has 2 bridgehead atoms.